The summed E-state index contributed by atoms with van der Waals surface area (Å²) in [6.07, 6.45) is 4.47. The Bertz CT molecular complexity index is 1570. The van der Waals surface area contributed by atoms with Crippen LogP contribution < -0.4 is 4.90 Å². The summed E-state index contributed by atoms with van der Waals surface area (Å²) in [4.78, 5) is 26.3. The van der Waals surface area contributed by atoms with Crippen LogP contribution in [0.25, 0.3) is 0 Å². The Morgan fingerprint density at radius 3 is 2.49 bits per heavy atom. The van der Waals surface area contributed by atoms with Gasteiger partial charge in [-0.05, 0) is 53.4 Å². The van der Waals surface area contributed by atoms with E-state index < -0.39 is 17.8 Å². The van der Waals surface area contributed by atoms with Gasteiger partial charge in [0.15, 0.2) is 0 Å². The predicted octanol–water partition coefficient (Wildman–Crippen LogP) is 5.80. The summed E-state index contributed by atoms with van der Waals surface area (Å²) in [5, 5.41) is 25.3. The van der Waals surface area contributed by atoms with E-state index in [1.165, 1.54) is 12.4 Å². The van der Waals surface area contributed by atoms with Crippen molar-refractivity contribution in [2.75, 3.05) is 18.0 Å². The first kappa shape index (κ1) is 26.4. The lowest BCUT2D eigenvalue weighted by Gasteiger charge is -2.47. The summed E-state index contributed by atoms with van der Waals surface area (Å²) in [6, 6.07) is 24.5. The second kappa shape index (κ2) is 11.3. The summed E-state index contributed by atoms with van der Waals surface area (Å²) in [5.74, 6) is -3.03. The van der Waals surface area contributed by atoms with Crippen LogP contribution in [0.4, 0.5) is 5.69 Å². The first-order chi connectivity index (χ1) is 18.9. The van der Waals surface area contributed by atoms with E-state index in [1.807, 2.05) is 66.7 Å². The van der Waals surface area contributed by atoms with Gasteiger partial charge in [0.25, 0.3) is 0 Å². The van der Waals surface area contributed by atoms with Crippen molar-refractivity contribution < 1.29 is 19.4 Å². The number of nitrogens with zero attached hydrogens (tertiary/aromatic N) is 4. The van der Waals surface area contributed by atoms with Gasteiger partial charge in [-0.2, -0.15) is 10.1 Å². The van der Waals surface area contributed by atoms with Gasteiger partial charge in [0.2, 0.25) is 6.20 Å². The Morgan fingerprint density at radius 1 is 1.05 bits per heavy atom. The lowest BCUT2D eigenvalue weighted by molar-refractivity contribution is -0.454. The lowest BCUT2D eigenvalue weighted by Crippen LogP contribution is -2.49. The van der Waals surface area contributed by atoms with Crippen molar-refractivity contribution in [1.82, 2.24) is 0 Å². The van der Waals surface area contributed by atoms with E-state index in [0.717, 1.165) is 21.5 Å². The predicted molar refractivity (Wildman–Crippen MR) is 149 cm³/mol. The highest BCUT2D eigenvalue weighted by molar-refractivity contribution is 6.33. The molecule has 3 aromatic rings. The molecular formula is C30H23Cl2N4O3+. The molecule has 0 amide bonds. The third kappa shape index (κ3) is 5.36. The molecule has 0 aromatic heterocycles. The number of nitriles is 1. The number of carbonyl (C=O) groups is 1. The van der Waals surface area contributed by atoms with Crippen LogP contribution in [0.2, 0.25) is 10.0 Å². The molecule has 0 spiro atoms. The van der Waals surface area contributed by atoms with Gasteiger partial charge >= 0.3 is 12.0 Å². The highest BCUT2D eigenvalue weighted by Gasteiger charge is 2.47. The number of halogens is 2. The fraction of sp³-hybridized carbons (Fsp3) is 0.200. The number of hydrogen-bond acceptors (Lipinski definition) is 5. The van der Waals surface area contributed by atoms with Crippen molar-refractivity contribution in [1.29, 1.82) is 5.26 Å². The van der Waals surface area contributed by atoms with Crippen molar-refractivity contribution in [2.24, 2.45) is 16.9 Å². The number of carboxylic acids is 1. The zero-order valence-corrected chi connectivity index (χ0v) is 22.1. The van der Waals surface area contributed by atoms with Gasteiger partial charge in [-0.3, -0.25) is 4.79 Å². The number of rotatable bonds is 6. The number of benzene rings is 3. The van der Waals surface area contributed by atoms with E-state index in [1.54, 1.807) is 12.1 Å². The van der Waals surface area contributed by atoms with Crippen LogP contribution in [0, 0.1) is 23.2 Å². The molecule has 7 nitrogen and oxygen atoms in total. The number of para-hydroxylation sites is 1. The van der Waals surface area contributed by atoms with E-state index in [-0.39, 0.29) is 11.8 Å². The Balaban J connectivity index is 1.72. The quantitative estimate of drug-likeness (QED) is 0.305. The van der Waals surface area contributed by atoms with Crippen molar-refractivity contribution in [2.45, 2.75) is 11.8 Å². The largest absolute Gasteiger partial charge is 0.481 e. The van der Waals surface area contributed by atoms with Crippen LogP contribution in [0.5, 0.6) is 0 Å². The van der Waals surface area contributed by atoms with Gasteiger partial charge in [0, 0.05) is 39.7 Å². The summed E-state index contributed by atoms with van der Waals surface area (Å²) in [7, 11) is 0. The zero-order valence-electron chi connectivity index (χ0n) is 20.6. The molecule has 3 aromatic carbocycles. The summed E-state index contributed by atoms with van der Waals surface area (Å²) >= 11 is 12.8. The average molecular weight is 558 g/mol. The topological polar surface area (TPSA) is 96.8 Å². The standard InChI is InChI=1S/C30H22Cl2N4O3/c31-23-10-8-20(9-11-23)24-16-35(27-7-2-1-6-26(27)32)17-25(28(24)21-5-3-4-19(12-21)13-33)29(30(38)39)22-14-34-36(15-22)18-37/h1-12,14-15,24-25,28-29H,16-17H2/p+1. The normalized spacial score (nSPS) is 21.2. The third-order valence-corrected chi connectivity index (χ3v) is 7.96. The van der Waals surface area contributed by atoms with E-state index >= 15 is 0 Å². The number of hydrogen-bond donors (Lipinski definition) is 1. The smallest absolute Gasteiger partial charge is 0.464 e. The molecule has 1 N–H and O–H groups in total. The van der Waals surface area contributed by atoms with Crippen molar-refractivity contribution >= 4 is 47.2 Å². The number of carbonyl (C=O) groups excluding carboxylic acids is 1. The maximum atomic E-state index is 12.9. The van der Waals surface area contributed by atoms with Crippen LogP contribution >= 0.6 is 23.2 Å². The van der Waals surface area contributed by atoms with Gasteiger partial charge in [0.1, 0.15) is 6.21 Å². The third-order valence-electron chi connectivity index (χ3n) is 7.38. The average Bonchev–Trinajstić information content (AvgIpc) is 3.42. The van der Waals surface area contributed by atoms with Crippen molar-refractivity contribution in [3.63, 3.8) is 0 Å². The van der Waals surface area contributed by atoms with Gasteiger partial charge < -0.3 is 10.0 Å². The Morgan fingerprint density at radius 2 is 1.82 bits per heavy atom. The molecule has 194 valence electrons. The Kier molecular flexibility index (Phi) is 7.63. The van der Waals surface area contributed by atoms with E-state index in [0.29, 0.717) is 34.3 Å². The van der Waals surface area contributed by atoms with Crippen LogP contribution in [-0.2, 0) is 9.59 Å². The molecule has 0 saturated carbocycles. The van der Waals surface area contributed by atoms with Gasteiger partial charge in [0.05, 0.1) is 33.8 Å². The maximum absolute atomic E-state index is 12.9. The minimum atomic E-state index is -1.04. The fourth-order valence-electron chi connectivity index (χ4n) is 5.75. The molecule has 1 saturated heterocycles. The number of anilines is 1. The van der Waals surface area contributed by atoms with Gasteiger partial charge in [-0.1, -0.05) is 59.6 Å². The first-order valence-electron chi connectivity index (χ1n) is 12.3. The second-order valence-electron chi connectivity index (χ2n) is 9.57. The minimum Gasteiger partial charge on any atom is -0.481 e. The highest BCUT2D eigenvalue weighted by Crippen LogP contribution is 2.49. The van der Waals surface area contributed by atoms with Crippen LogP contribution in [0.3, 0.4) is 0 Å². The van der Waals surface area contributed by atoms with Gasteiger partial charge in [-0.25, -0.2) is 0 Å². The SMILES string of the molecule is N#Cc1cccc(C2C(c3ccc(Cl)cc3)CN(c3ccccc3Cl)CC2C(C(=O)O)C2=C[N+](=C=O)N=C2)c1. The molecule has 5 rings (SSSR count). The number of aliphatic carboxylic acids is 1. The molecule has 2 aliphatic heterocycles. The van der Waals surface area contributed by atoms with Crippen LogP contribution in [0.15, 0.2) is 89.7 Å². The molecule has 1 fully saturated rings. The summed E-state index contributed by atoms with van der Waals surface area (Å²) in [6.45, 7) is 0.916. The van der Waals surface area contributed by atoms with E-state index in [9.17, 15) is 20.0 Å². The van der Waals surface area contributed by atoms with E-state index in [2.05, 4.69) is 16.1 Å². The number of piperidine rings is 1. The molecule has 2 aliphatic rings. The highest BCUT2D eigenvalue weighted by atomic mass is 35.5. The maximum Gasteiger partial charge on any atom is 0.464 e. The minimum absolute atomic E-state index is 0.180. The van der Waals surface area contributed by atoms with E-state index in [4.69, 9.17) is 23.2 Å². The van der Waals surface area contributed by atoms with Crippen LogP contribution in [-0.4, -0.2) is 41.1 Å². The number of carboxylic acid groups (broad SMARTS) is 1. The molecule has 0 aliphatic carbocycles. The molecule has 9 heteroatoms. The molecule has 2 heterocycles. The molecule has 0 radical (unpaired) electrons. The second-order valence-corrected chi connectivity index (χ2v) is 10.4. The van der Waals surface area contributed by atoms with Crippen LogP contribution in [0.1, 0.15) is 28.5 Å². The lowest BCUT2D eigenvalue weighted by atomic mass is 9.65. The molecule has 39 heavy (non-hydrogen) atoms. The summed E-state index contributed by atoms with van der Waals surface area (Å²) < 4.78 is 0.946. The molecule has 4 unspecified atom stereocenters. The zero-order chi connectivity index (χ0) is 27.5. The molecular weight excluding hydrogens is 535 g/mol. The van der Waals surface area contributed by atoms with Crippen molar-refractivity contribution in [3.05, 3.63) is 111 Å². The van der Waals surface area contributed by atoms with Crippen molar-refractivity contribution in [3.8, 4) is 6.07 Å². The number of isocyanates is 1. The first-order valence-corrected chi connectivity index (χ1v) is 13.1. The Labute approximate surface area is 235 Å². The van der Waals surface area contributed by atoms with Gasteiger partial charge in [-0.15, -0.1) is 0 Å². The fourth-order valence-corrected chi connectivity index (χ4v) is 6.13. The molecule has 4 atom stereocenters. The Hall–Kier alpha value is -4.21. The summed E-state index contributed by atoms with van der Waals surface area (Å²) in [5.41, 5.74) is 3.53. The molecule has 0 bridgehead atoms. The monoisotopic (exact) mass is 557 g/mol. The number of hydrazone groups is 1.